The zero-order chi connectivity index (χ0) is 14.5. The Morgan fingerprint density at radius 2 is 2.05 bits per heavy atom. The highest BCUT2D eigenvalue weighted by molar-refractivity contribution is 9.10. The fourth-order valence-corrected chi connectivity index (χ4v) is 2.74. The summed E-state index contributed by atoms with van der Waals surface area (Å²) >= 11 is 3.41. The fourth-order valence-electron chi connectivity index (χ4n) is 2.32. The third kappa shape index (κ3) is 3.48. The van der Waals surface area contributed by atoms with Gasteiger partial charge in [-0.3, -0.25) is 4.79 Å². The van der Waals surface area contributed by atoms with Gasteiger partial charge in [-0.25, -0.2) is 4.79 Å². The Labute approximate surface area is 126 Å². The van der Waals surface area contributed by atoms with Crippen LogP contribution in [0.1, 0.15) is 24.8 Å². The molecule has 1 heterocycles. The van der Waals surface area contributed by atoms with Gasteiger partial charge in [0.2, 0.25) is 5.91 Å². The van der Waals surface area contributed by atoms with E-state index in [0.29, 0.717) is 13.0 Å². The van der Waals surface area contributed by atoms with E-state index in [2.05, 4.69) is 15.9 Å². The average Bonchev–Trinajstić information content (AvgIpc) is 2.46. The molecule has 2 rings (SSSR count). The number of benzene rings is 1. The highest BCUT2D eigenvalue weighted by atomic mass is 79.9. The van der Waals surface area contributed by atoms with Gasteiger partial charge in [-0.2, -0.15) is 0 Å². The van der Waals surface area contributed by atoms with Gasteiger partial charge < -0.3 is 10.0 Å². The van der Waals surface area contributed by atoms with Gasteiger partial charge in [-0.1, -0.05) is 34.1 Å². The number of hydrogen-bond donors (Lipinski definition) is 1. The van der Waals surface area contributed by atoms with Crippen LogP contribution in [-0.4, -0.2) is 34.5 Å². The number of carboxylic acids is 1. The predicted octanol–water partition coefficient (Wildman–Crippen LogP) is 2.93. The van der Waals surface area contributed by atoms with Crippen LogP contribution in [0.4, 0.5) is 0 Å². The van der Waals surface area contributed by atoms with E-state index in [9.17, 15) is 9.59 Å². The lowest BCUT2D eigenvalue weighted by Crippen LogP contribution is -2.47. The second-order valence-electron chi connectivity index (χ2n) is 4.74. The summed E-state index contributed by atoms with van der Waals surface area (Å²) in [5, 5.41) is 9.16. The third-order valence-corrected chi connectivity index (χ3v) is 4.10. The first kappa shape index (κ1) is 14.8. The molecule has 0 aliphatic carbocycles. The molecule has 1 atom stereocenters. The molecule has 1 saturated heterocycles. The number of amides is 1. The molecule has 0 bridgehead atoms. The highest BCUT2D eigenvalue weighted by Crippen LogP contribution is 2.20. The number of hydrogen-bond acceptors (Lipinski definition) is 2. The van der Waals surface area contributed by atoms with Crippen LogP contribution in [0.5, 0.6) is 0 Å². The lowest BCUT2D eigenvalue weighted by atomic mass is 10.0. The maximum atomic E-state index is 12.2. The van der Waals surface area contributed by atoms with Crippen molar-refractivity contribution in [2.75, 3.05) is 6.54 Å². The Morgan fingerprint density at radius 3 is 2.75 bits per heavy atom. The molecule has 106 valence electrons. The highest BCUT2D eigenvalue weighted by Gasteiger charge is 2.30. The number of carbonyl (C=O) groups is 2. The number of aliphatic carboxylic acids is 1. The Balaban J connectivity index is 2.10. The lowest BCUT2D eigenvalue weighted by Gasteiger charge is -2.32. The molecule has 0 unspecified atom stereocenters. The lowest BCUT2D eigenvalue weighted by molar-refractivity contribution is -0.150. The maximum absolute atomic E-state index is 12.2. The van der Waals surface area contributed by atoms with E-state index in [0.717, 1.165) is 22.9 Å². The van der Waals surface area contributed by atoms with Crippen molar-refractivity contribution < 1.29 is 14.7 Å². The largest absolute Gasteiger partial charge is 0.480 e. The molecule has 1 aromatic rings. The Kier molecular flexibility index (Phi) is 4.95. The molecule has 4 nitrogen and oxygen atoms in total. The van der Waals surface area contributed by atoms with Crippen molar-refractivity contribution in [2.24, 2.45) is 0 Å². The molecular formula is C15H16BrNO3. The smallest absolute Gasteiger partial charge is 0.326 e. The van der Waals surface area contributed by atoms with Crippen LogP contribution in [0.2, 0.25) is 0 Å². The zero-order valence-electron chi connectivity index (χ0n) is 11.0. The van der Waals surface area contributed by atoms with Gasteiger partial charge in [-0.15, -0.1) is 0 Å². The van der Waals surface area contributed by atoms with Crippen LogP contribution in [0.15, 0.2) is 34.8 Å². The Hall–Kier alpha value is -1.62. The van der Waals surface area contributed by atoms with Crippen molar-refractivity contribution in [1.82, 2.24) is 4.90 Å². The molecule has 1 fully saturated rings. The molecule has 0 aromatic heterocycles. The van der Waals surface area contributed by atoms with Gasteiger partial charge in [0, 0.05) is 17.1 Å². The summed E-state index contributed by atoms with van der Waals surface area (Å²) in [5.74, 6) is -1.17. The first-order valence-corrected chi connectivity index (χ1v) is 7.35. The number of likely N-dealkylation sites (tertiary alicyclic amines) is 1. The molecule has 1 amide bonds. The normalized spacial score (nSPS) is 19.2. The molecule has 1 aliphatic heterocycles. The number of rotatable bonds is 3. The summed E-state index contributed by atoms with van der Waals surface area (Å²) in [5.41, 5.74) is 0.893. The minimum Gasteiger partial charge on any atom is -0.480 e. The van der Waals surface area contributed by atoms with Gasteiger partial charge in [0.05, 0.1) is 0 Å². The molecule has 20 heavy (non-hydrogen) atoms. The SMILES string of the molecule is O=C(O)[C@@H]1CCCCN1C(=O)C=Cc1ccccc1Br. The van der Waals surface area contributed by atoms with Crippen molar-refractivity contribution >= 4 is 33.9 Å². The number of piperidine rings is 1. The van der Waals surface area contributed by atoms with Crippen molar-refractivity contribution in [3.05, 3.63) is 40.4 Å². The topological polar surface area (TPSA) is 57.6 Å². The van der Waals surface area contributed by atoms with E-state index in [1.165, 1.54) is 11.0 Å². The van der Waals surface area contributed by atoms with Gasteiger partial charge in [-0.05, 0) is 37.0 Å². The van der Waals surface area contributed by atoms with Crippen LogP contribution < -0.4 is 0 Å². The Morgan fingerprint density at radius 1 is 1.30 bits per heavy atom. The number of carboxylic acid groups (broad SMARTS) is 1. The average molecular weight is 338 g/mol. The van der Waals surface area contributed by atoms with E-state index < -0.39 is 12.0 Å². The molecule has 0 radical (unpaired) electrons. The monoisotopic (exact) mass is 337 g/mol. The van der Waals surface area contributed by atoms with Crippen molar-refractivity contribution in [1.29, 1.82) is 0 Å². The molecule has 0 spiro atoms. The fraction of sp³-hybridized carbons (Fsp3) is 0.333. The van der Waals surface area contributed by atoms with E-state index in [1.54, 1.807) is 6.08 Å². The number of halogens is 1. The van der Waals surface area contributed by atoms with Crippen molar-refractivity contribution in [3.63, 3.8) is 0 Å². The number of carbonyl (C=O) groups excluding carboxylic acids is 1. The minimum absolute atomic E-state index is 0.243. The number of nitrogens with zero attached hydrogens (tertiary/aromatic N) is 1. The summed E-state index contributed by atoms with van der Waals surface area (Å²) in [6.07, 6.45) is 5.40. The summed E-state index contributed by atoms with van der Waals surface area (Å²) < 4.78 is 0.900. The van der Waals surface area contributed by atoms with Crippen LogP contribution >= 0.6 is 15.9 Å². The Bertz CT molecular complexity index is 542. The van der Waals surface area contributed by atoms with E-state index in [-0.39, 0.29) is 5.91 Å². The first-order chi connectivity index (χ1) is 9.59. The van der Waals surface area contributed by atoms with Gasteiger partial charge in [0.15, 0.2) is 0 Å². The molecule has 1 N–H and O–H groups in total. The molecular weight excluding hydrogens is 322 g/mol. The van der Waals surface area contributed by atoms with E-state index in [1.807, 2.05) is 24.3 Å². The molecule has 1 aliphatic rings. The van der Waals surface area contributed by atoms with E-state index >= 15 is 0 Å². The van der Waals surface area contributed by atoms with E-state index in [4.69, 9.17) is 5.11 Å². The standard InChI is InChI=1S/C15H16BrNO3/c16-12-6-2-1-5-11(12)8-9-14(18)17-10-4-3-7-13(17)15(19)20/h1-2,5-6,8-9,13H,3-4,7,10H2,(H,19,20)/t13-/m0/s1. The van der Waals surface area contributed by atoms with Crippen molar-refractivity contribution in [3.8, 4) is 0 Å². The van der Waals surface area contributed by atoms with Gasteiger partial charge in [0.25, 0.3) is 0 Å². The van der Waals surface area contributed by atoms with Crippen molar-refractivity contribution in [2.45, 2.75) is 25.3 Å². The quantitative estimate of drug-likeness (QED) is 0.862. The maximum Gasteiger partial charge on any atom is 0.326 e. The van der Waals surface area contributed by atoms with Crippen LogP contribution in [0.3, 0.4) is 0 Å². The van der Waals surface area contributed by atoms with Gasteiger partial charge in [0.1, 0.15) is 6.04 Å². The summed E-state index contributed by atoms with van der Waals surface area (Å²) in [7, 11) is 0. The molecule has 5 heteroatoms. The summed E-state index contributed by atoms with van der Waals surface area (Å²) in [6.45, 7) is 0.510. The second-order valence-corrected chi connectivity index (χ2v) is 5.59. The van der Waals surface area contributed by atoms with Gasteiger partial charge >= 0.3 is 5.97 Å². The first-order valence-electron chi connectivity index (χ1n) is 6.55. The second kappa shape index (κ2) is 6.70. The molecule has 0 saturated carbocycles. The predicted molar refractivity (Wildman–Crippen MR) is 80.2 cm³/mol. The molecule has 1 aromatic carbocycles. The zero-order valence-corrected chi connectivity index (χ0v) is 12.5. The minimum atomic E-state index is -0.924. The van der Waals surface area contributed by atoms with Crippen LogP contribution in [0.25, 0.3) is 6.08 Å². The van der Waals surface area contributed by atoms with Crippen LogP contribution in [-0.2, 0) is 9.59 Å². The summed E-state index contributed by atoms with van der Waals surface area (Å²) in [6, 6.07) is 6.87. The summed E-state index contributed by atoms with van der Waals surface area (Å²) in [4.78, 5) is 24.8. The van der Waals surface area contributed by atoms with Crippen LogP contribution in [0, 0.1) is 0 Å². The third-order valence-electron chi connectivity index (χ3n) is 3.38.